The third-order valence-corrected chi connectivity index (χ3v) is 5.70. The Labute approximate surface area is 211 Å². The largest absolute Gasteiger partial charge is 0.435 e. The molecule has 1 amide bonds. The van der Waals surface area contributed by atoms with Crippen molar-refractivity contribution in [2.24, 2.45) is 0 Å². The van der Waals surface area contributed by atoms with Gasteiger partial charge in [0.15, 0.2) is 0 Å². The number of nitrogens with zero attached hydrogens (tertiary/aromatic N) is 2. The van der Waals surface area contributed by atoms with E-state index >= 15 is 0 Å². The fourth-order valence-corrected chi connectivity index (χ4v) is 3.69. The average molecular weight is 549 g/mol. The topological polar surface area (TPSA) is 45.2 Å². The van der Waals surface area contributed by atoms with E-state index in [0.29, 0.717) is 17.7 Å². The van der Waals surface area contributed by atoms with Gasteiger partial charge in [-0.25, -0.2) is 18.2 Å². The van der Waals surface area contributed by atoms with Gasteiger partial charge in [0.05, 0.1) is 11.8 Å². The first-order chi connectivity index (χ1) is 17.7. The van der Waals surface area contributed by atoms with E-state index in [0.717, 1.165) is 29.3 Å². The van der Waals surface area contributed by atoms with Crippen molar-refractivity contribution >= 4 is 11.7 Å². The molecule has 204 valence electrons. The summed E-state index contributed by atoms with van der Waals surface area (Å²) in [6, 6.07) is 8.60. The Hall–Kier alpha value is -3.77. The lowest BCUT2D eigenvalue weighted by atomic mass is 9.93. The van der Waals surface area contributed by atoms with Gasteiger partial charge < -0.3 is 10.2 Å². The highest BCUT2D eigenvalue weighted by Gasteiger charge is 2.73. The molecule has 0 saturated heterocycles. The van der Waals surface area contributed by atoms with Gasteiger partial charge in [0.1, 0.15) is 17.5 Å². The van der Waals surface area contributed by atoms with Crippen LogP contribution in [0.5, 0.6) is 0 Å². The predicted molar refractivity (Wildman–Crippen MR) is 120 cm³/mol. The summed E-state index contributed by atoms with van der Waals surface area (Å²) in [5, 5.41) is 2.63. The number of rotatable bonds is 8. The van der Waals surface area contributed by atoms with Crippen LogP contribution in [0, 0.1) is 11.6 Å². The maximum atomic E-state index is 14.3. The fourth-order valence-electron chi connectivity index (χ4n) is 3.69. The maximum Gasteiger partial charge on any atom is 0.435 e. The molecule has 4 nitrogen and oxygen atoms in total. The first-order valence-electron chi connectivity index (χ1n) is 11.0. The van der Waals surface area contributed by atoms with Crippen LogP contribution in [0.2, 0.25) is 0 Å². The van der Waals surface area contributed by atoms with E-state index in [4.69, 9.17) is 0 Å². The van der Waals surface area contributed by atoms with Gasteiger partial charge in [-0.2, -0.15) is 26.3 Å². The minimum absolute atomic E-state index is 0.0242. The van der Waals surface area contributed by atoms with E-state index in [-0.39, 0.29) is 36.5 Å². The standard InChI is InChI=1S/C25H20F9N3O/c1-35-21-20(12-19(27)13-36-21)22(38)37(11-10-15-4-8-18(26)9-5-15)14-16-2-6-17(7-3-16)23(28,24(29,30)31)25(32,33)34/h2-9,12-13H,10-11,14H2,1H3,(H,35,36). The smallest absolute Gasteiger partial charge is 0.372 e. The molecule has 13 heteroatoms. The Morgan fingerprint density at radius 2 is 1.39 bits per heavy atom. The Morgan fingerprint density at radius 1 is 0.842 bits per heavy atom. The number of halogens is 9. The molecule has 0 aliphatic carbocycles. The number of aromatic nitrogens is 1. The lowest BCUT2D eigenvalue weighted by Gasteiger charge is -2.30. The molecular weight excluding hydrogens is 529 g/mol. The van der Waals surface area contributed by atoms with Crippen molar-refractivity contribution in [2.75, 3.05) is 18.9 Å². The van der Waals surface area contributed by atoms with Gasteiger partial charge >= 0.3 is 18.0 Å². The summed E-state index contributed by atoms with van der Waals surface area (Å²) in [7, 11) is 1.43. The minimum atomic E-state index is -6.27. The van der Waals surface area contributed by atoms with E-state index in [1.54, 1.807) is 0 Å². The summed E-state index contributed by atoms with van der Waals surface area (Å²) < 4.78 is 120. The molecule has 0 saturated carbocycles. The number of carbonyl (C=O) groups excluding carboxylic acids is 1. The van der Waals surface area contributed by atoms with Gasteiger partial charge in [-0.1, -0.05) is 36.4 Å². The SMILES string of the molecule is CNc1ncc(F)cc1C(=O)N(CCc1ccc(F)cc1)Cc1ccc(C(F)(C(F)(F)F)C(F)(F)F)cc1. The predicted octanol–water partition coefficient (Wildman–Crippen LogP) is 6.58. The van der Waals surface area contributed by atoms with Crippen molar-refractivity contribution in [3.8, 4) is 0 Å². The molecule has 0 fully saturated rings. The number of hydrogen-bond acceptors (Lipinski definition) is 3. The van der Waals surface area contributed by atoms with E-state index in [1.807, 2.05) is 0 Å². The molecule has 0 spiro atoms. The molecule has 0 bridgehead atoms. The Balaban J connectivity index is 1.94. The van der Waals surface area contributed by atoms with Gasteiger partial charge in [-0.15, -0.1) is 0 Å². The molecule has 1 heterocycles. The summed E-state index contributed by atoms with van der Waals surface area (Å²) in [5.41, 5.74) is -6.75. The Morgan fingerprint density at radius 3 is 1.92 bits per heavy atom. The third kappa shape index (κ3) is 6.03. The quantitative estimate of drug-likeness (QED) is 0.323. The number of pyridine rings is 1. The molecule has 0 radical (unpaired) electrons. The maximum absolute atomic E-state index is 14.3. The number of hydrogen-bond donors (Lipinski definition) is 1. The second-order valence-corrected chi connectivity index (χ2v) is 8.25. The van der Waals surface area contributed by atoms with Crippen LogP contribution in [0.25, 0.3) is 0 Å². The molecule has 38 heavy (non-hydrogen) atoms. The van der Waals surface area contributed by atoms with Crippen LogP contribution < -0.4 is 5.32 Å². The zero-order valence-electron chi connectivity index (χ0n) is 19.6. The molecule has 3 aromatic rings. The molecule has 0 aliphatic rings. The van der Waals surface area contributed by atoms with Gasteiger partial charge in [0, 0.05) is 25.7 Å². The van der Waals surface area contributed by atoms with Crippen LogP contribution in [0.1, 0.15) is 27.0 Å². The van der Waals surface area contributed by atoms with Crippen LogP contribution >= 0.6 is 0 Å². The normalized spacial score (nSPS) is 12.4. The fraction of sp³-hybridized carbons (Fsp3) is 0.280. The number of anilines is 1. The number of nitrogens with one attached hydrogen (secondary N) is 1. The first kappa shape index (κ1) is 28.8. The highest BCUT2D eigenvalue weighted by atomic mass is 19.4. The second kappa shape index (κ2) is 10.9. The molecule has 0 aliphatic heterocycles. The second-order valence-electron chi connectivity index (χ2n) is 8.25. The Kier molecular flexibility index (Phi) is 8.27. The van der Waals surface area contributed by atoms with Crippen molar-refractivity contribution in [3.05, 3.63) is 94.7 Å². The van der Waals surface area contributed by atoms with Gasteiger partial charge in [0.2, 0.25) is 0 Å². The summed E-state index contributed by atoms with van der Waals surface area (Å²) in [4.78, 5) is 18.3. The summed E-state index contributed by atoms with van der Waals surface area (Å²) in [6.45, 7) is -0.388. The molecule has 0 unspecified atom stereocenters. The summed E-state index contributed by atoms with van der Waals surface area (Å²) in [5.74, 6) is -2.05. The minimum Gasteiger partial charge on any atom is -0.372 e. The van der Waals surface area contributed by atoms with E-state index < -0.39 is 41.1 Å². The third-order valence-electron chi connectivity index (χ3n) is 5.70. The van der Waals surface area contributed by atoms with Crippen LogP contribution in [0.4, 0.5) is 45.3 Å². The monoisotopic (exact) mass is 549 g/mol. The van der Waals surface area contributed by atoms with Crippen molar-refractivity contribution < 1.29 is 44.3 Å². The van der Waals surface area contributed by atoms with Crippen molar-refractivity contribution in [1.29, 1.82) is 0 Å². The van der Waals surface area contributed by atoms with E-state index in [2.05, 4.69) is 10.3 Å². The van der Waals surface area contributed by atoms with Crippen molar-refractivity contribution in [2.45, 2.75) is 31.0 Å². The molecule has 1 N–H and O–H groups in total. The van der Waals surface area contributed by atoms with Crippen LogP contribution in [-0.2, 0) is 18.6 Å². The van der Waals surface area contributed by atoms with Crippen LogP contribution in [0.15, 0.2) is 60.8 Å². The molecular formula is C25H20F9N3O. The van der Waals surface area contributed by atoms with Gasteiger partial charge in [-0.3, -0.25) is 4.79 Å². The number of carbonyl (C=O) groups is 1. The van der Waals surface area contributed by atoms with E-state index in [1.165, 1.54) is 31.3 Å². The number of amides is 1. The molecule has 0 atom stereocenters. The van der Waals surface area contributed by atoms with Crippen LogP contribution in [0.3, 0.4) is 0 Å². The van der Waals surface area contributed by atoms with Gasteiger partial charge in [0.25, 0.3) is 5.91 Å². The van der Waals surface area contributed by atoms with Gasteiger partial charge in [-0.05, 0) is 35.7 Å². The van der Waals surface area contributed by atoms with Crippen molar-refractivity contribution in [1.82, 2.24) is 9.88 Å². The zero-order valence-corrected chi connectivity index (χ0v) is 19.6. The zero-order chi connectivity index (χ0) is 28.3. The molecule has 3 rings (SSSR count). The lowest BCUT2D eigenvalue weighted by molar-refractivity contribution is -0.348. The highest BCUT2D eigenvalue weighted by Crippen LogP contribution is 2.53. The Bertz CT molecular complexity index is 1240. The number of alkyl halides is 7. The summed E-state index contributed by atoms with van der Waals surface area (Å²) >= 11 is 0. The van der Waals surface area contributed by atoms with Crippen molar-refractivity contribution in [3.63, 3.8) is 0 Å². The average Bonchev–Trinajstić information content (AvgIpc) is 2.85. The van der Waals surface area contributed by atoms with Crippen LogP contribution in [-0.4, -0.2) is 41.7 Å². The first-order valence-corrected chi connectivity index (χ1v) is 11.0. The number of benzene rings is 2. The molecule has 2 aromatic carbocycles. The lowest BCUT2D eigenvalue weighted by Crippen LogP contribution is -2.50. The summed E-state index contributed by atoms with van der Waals surface area (Å²) in [6.07, 6.45) is -11.5. The highest BCUT2D eigenvalue weighted by molar-refractivity contribution is 5.98. The molecule has 1 aromatic heterocycles. The van der Waals surface area contributed by atoms with E-state index in [9.17, 15) is 44.3 Å².